The largest absolute Gasteiger partial charge is 0.480 e. The smallest absolute Gasteiger partial charge is 0.326 e. The van der Waals surface area contributed by atoms with Crippen LogP contribution in [0.25, 0.3) is 0 Å². The summed E-state index contributed by atoms with van der Waals surface area (Å²) in [6, 6.07) is -2.95. The monoisotopic (exact) mass is 408 g/mol. The van der Waals surface area contributed by atoms with Crippen LogP contribution in [0.2, 0.25) is 0 Å². The van der Waals surface area contributed by atoms with E-state index >= 15 is 0 Å². The predicted octanol–water partition coefficient (Wildman–Crippen LogP) is -1.18. The van der Waals surface area contributed by atoms with Crippen molar-refractivity contribution in [2.24, 2.45) is 11.7 Å². The number of amides is 3. The molecule has 11 heteroatoms. The summed E-state index contributed by atoms with van der Waals surface area (Å²) in [4.78, 5) is 47.4. The van der Waals surface area contributed by atoms with Gasteiger partial charge >= 0.3 is 5.97 Å². The zero-order valence-electron chi connectivity index (χ0n) is 15.2. The minimum Gasteiger partial charge on any atom is -0.480 e. The second-order valence-corrected chi connectivity index (χ2v) is 7.27. The summed E-state index contributed by atoms with van der Waals surface area (Å²) >= 11 is 5.51. The number of nitrogens with two attached hydrogens (primary N) is 1. The van der Waals surface area contributed by atoms with Crippen LogP contribution in [-0.2, 0) is 19.2 Å². The number of nitrogens with one attached hydrogen (secondary N) is 3. The van der Waals surface area contributed by atoms with Crippen LogP contribution < -0.4 is 21.7 Å². The van der Waals surface area contributed by atoms with E-state index < -0.39 is 41.8 Å². The summed E-state index contributed by atoms with van der Waals surface area (Å²) in [7, 11) is 0. The maximum absolute atomic E-state index is 12.4. The van der Waals surface area contributed by atoms with E-state index in [1.807, 2.05) is 6.26 Å². The molecule has 0 bridgehead atoms. The van der Waals surface area contributed by atoms with Gasteiger partial charge in [0.1, 0.15) is 18.1 Å². The zero-order valence-corrected chi connectivity index (χ0v) is 16.9. The Morgan fingerprint density at radius 2 is 1.65 bits per heavy atom. The molecule has 150 valence electrons. The Morgan fingerprint density at radius 3 is 2.08 bits per heavy atom. The van der Waals surface area contributed by atoms with Crippen molar-refractivity contribution in [3.05, 3.63) is 0 Å². The molecule has 3 atom stereocenters. The van der Waals surface area contributed by atoms with Gasteiger partial charge in [-0.15, -0.1) is 0 Å². The van der Waals surface area contributed by atoms with Crippen molar-refractivity contribution >= 4 is 48.1 Å². The van der Waals surface area contributed by atoms with Crippen LogP contribution in [0.1, 0.15) is 20.3 Å². The van der Waals surface area contributed by atoms with E-state index in [0.717, 1.165) is 0 Å². The molecule has 0 heterocycles. The van der Waals surface area contributed by atoms with Crippen LogP contribution in [-0.4, -0.2) is 71.2 Å². The molecule has 9 nitrogen and oxygen atoms in total. The minimum absolute atomic E-state index is 0.0257. The third-order valence-electron chi connectivity index (χ3n) is 3.49. The van der Waals surface area contributed by atoms with Gasteiger partial charge in [0, 0.05) is 5.75 Å². The third-order valence-corrected chi connectivity index (χ3v) is 4.50. The zero-order chi connectivity index (χ0) is 20.3. The lowest BCUT2D eigenvalue weighted by atomic mass is 10.0. The molecule has 0 aromatic rings. The van der Waals surface area contributed by atoms with Crippen molar-refractivity contribution in [2.75, 3.05) is 24.3 Å². The number of thiol groups is 1. The number of hydrogen-bond acceptors (Lipinski definition) is 7. The Bertz CT molecular complexity index is 504. The van der Waals surface area contributed by atoms with E-state index in [0.29, 0.717) is 5.75 Å². The van der Waals surface area contributed by atoms with Crippen LogP contribution in [0, 0.1) is 5.92 Å². The first-order valence-corrected chi connectivity index (χ1v) is 10.1. The first-order chi connectivity index (χ1) is 12.2. The number of thioether (sulfide) groups is 1. The van der Waals surface area contributed by atoms with Crippen molar-refractivity contribution in [1.82, 2.24) is 16.0 Å². The maximum atomic E-state index is 12.4. The van der Waals surface area contributed by atoms with Gasteiger partial charge < -0.3 is 26.8 Å². The van der Waals surface area contributed by atoms with Crippen molar-refractivity contribution in [1.29, 1.82) is 0 Å². The standard InChI is InChI=1S/C15H28N4O5S2/c1-8(2)12(19-11(20)6-16)14(22)18-10(7-25)13(21)17-9(15(23)24)4-5-26-3/h8-10,12,25H,4-7,16H2,1-3H3,(H,17,21)(H,18,22)(H,19,20)(H,23,24). The number of carboxylic acid groups (broad SMARTS) is 1. The summed E-state index contributed by atoms with van der Waals surface area (Å²) in [5, 5.41) is 16.6. The predicted molar refractivity (Wildman–Crippen MR) is 104 cm³/mol. The first-order valence-electron chi connectivity index (χ1n) is 8.10. The molecule has 0 saturated carbocycles. The summed E-state index contributed by atoms with van der Waals surface area (Å²) in [6.45, 7) is 3.21. The molecule has 3 amide bonds. The minimum atomic E-state index is -1.15. The molecule has 0 saturated heterocycles. The fraction of sp³-hybridized carbons (Fsp3) is 0.733. The van der Waals surface area contributed by atoms with E-state index in [2.05, 4.69) is 28.6 Å². The Hall–Kier alpha value is -1.46. The van der Waals surface area contributed by atoms with Crippen molar-refractivity contribution in [2.45, 2.75) is 38.4 Å². The lowest BCUT2D eigenvalue weighted by Gasteiger charge is -2.25. The summed E-state index contributed by atoms with van der Waals surface area (Å²) in [5.74, 6) is -2.54. The number of carboxylic acids is 1. The SMILES string of the molecule is CSCCC(NC(=O)C(CS)NC(=O)C(NC(=O)CN)C(C)C)C(=O)O. The lowest BCUT2D eigenvalue weighted by Crippen LogP contribution is -2.58. The quantitative estimate of drug-likeness (QED) is 0.223. The third kappa shape index (κ3) is 8.77. The second kappa shape index (κ2) is 12.8. The average molecular weight is 409 g/mol. The van der Waals surface area contributed by atoms with Crippen LogP contribution >= 0.6 is 24.4 Å². The Morgan fingerprint density at radius 1 is 1.08 bits per heavy atom. The van der Waals surface area contributed by atoms with Crippen LogP contribution in [0.5, 0.6) is 0 Å². The van der Waals surface area contributed by atoms with E-state index in [-0.39, 0.29) is 24.6 Å². The van der Waals surface area contributed by atoms with Gasteiger partial charge in [0.05, 0.1) is 6.54 Å². The number of carbonyl (C=O) groups is 4. The molecule has 0 radical (unpaired) electrons. The lowest BCUT2D eigenvalue weighted by molar-refractivity contribution is -0.142. The van der Waals surface area contributed by atoms with Crippen molar-refractivity contribution < 1.29 is 24.3 Å². The molecule has 0 aromatic carbocycles. The summed E-state index contributed by atoms with van der Waals surface area (Å²) in [5.41, 5.74) is 5.24. The highest BCUT2D eigenvalue weighted by atomic mass is 32.2. The van der Waals surface area contributed by atoms with Crippen LogP contribution in [0.4, 0.5) is 0 Å². The summed E-state index contributed by atoms with van der Waals surface area (Å²) < 4.78 is 0. The molecule has 0 aromatic heterocycles. The van der Waals surface area contributed by atoms with E-state index in [9.17, 15) is 24.3 Å². The molecular weight excluding hydrogens is 380 g/mol. The number of rotatable bonds is 12. The highest BCUT2D eigenvalue weighted by molar-refractivity contribution is 7.98. The fourth-order valence-electron chi connectivity index (χ4n) is 1.99. The number of hydrogen-bond donors (Lipinski definition) is 6. The Kier molecular flexibility index (Phi) is 12.1. The summed E-state index contributed by atoms with van der Waals surface area (Å²) in [6.07, 6.45) is 2.09. The van der Waals surface area contributed by atoms with E-state index in [1.165, 1.54) is 11.8 Å². The van der Waals surface area contributed by atoms with E-state index in [4.69, 9.17) is 5.73 Å². The first kappa shape index (κ1) is 24.5. The van der Waals surface area contributed by atoms with Gasteiger partial charge in [-0.05, 0) is 24.3 Å². The average Bonchev–Trinajstić information content (AvgIpc) is 2.59. The highest BCUT2D eigenvalue weighted by Crippen LogP contribution is 2.05. The molecule has 26 heavy (non-hydrogen) atoms. The molecule has 0 rings (SSSR count). The van der Waals surface area contributed by atoms with Crippen LogP contribution in [0.15, 0.2) is 0 Å². The van der Waals surface area contributed by atoms with Gasteiger partial charge in [-0.1, -0.05) is 13.8 Å². The molecule has 0 aliphatic heterocycles. The van der Waals surface area contributed by atoms with Gasteiger partial charge in [0.25, 0.3) is 0 Å². The highest BCUT2D eigenvalue weighted by Gasteiger charge is 2.29. The molecular formula is C15H28N4O5S2. The molecule has 6 N–H and O–H groups in total. The topological polar surface area (TPSA) is 151 Å². The molecule has 0 spiro atoms. The van der Waals surface area contributed by atoms with E-state index in [1.54, 1.807) is 13.8 Å². The fourth-order valence-corrected chi connectivity index (χ4v) is 2.72. The normalized spacial score (nSPS) is 14.2. The Balaban J connectivity index is 4.97. The molecule has 0 aliphatic rings. The number of aliphatic carboxylic acids is 1. The Labute approximate surface area is 163 Å². The van der Waals surface area contributed by atoms with Crippen LogP contribution in [0.3, 0.4) is 0 Å². The van der Waals surface area contributed by atoms with Gasteiger partial charge in [-0.25, -0.2) is 4.79 Å². The van der Waals surface area contributed by atoms with Gasteiger partial charge in [0.15, 0.2) is 0 Å². The number of carbonyl (C=O) groups excluding carboxylic acids is 3. The van der Waals surface area contributed by atoms with Gasteiger partial charge in [-0.3, -0.25) is 14.4 Å². The maximum Gasteiger partial charge on any atom is 0.326 e. The molecule has 3 unspecified atom stereocenters. The van der Waals surface area contributed by atoms with Gasteiger partial charge in [-0.2, -0.15) is 24.4 Å². The van der Waals surface area contributed by atoms with Crippen molar-refractivity contribution in [3.63, 3.8) is 0 Å². The van der Waals surface area contributed by atoms with Crippen molar-refractivity contribution in [3.8, 4) is 0 Å². The molecule has 0 aliphatic carbocycles. The van der Waals surface area contributed by atoms with Gasteiger partial charge in [0.2, 0.25) is 17.7 Å². The molecule has 0 fully saturated rings. The second-order valence-electron chi connectivity index (χ2n) is 5.92.